The minimum atomic E-state index is -0.568. The molecule has 4 aliphatic rings. The number of esters is 1. The lowest BCUT2D eigenvalue weighted by Gasteiger charge is -2.39. The summed E-state index contributed by atoms with van der Waals surface area (Å²) in [6.45, 7) is 3.58. The number of hydrogen-bond donors (Lipinski definition) is 0. The Labute approximate surface area is 214 Å². The summed E-state index contributed by atoms with van der Waals surface area (Å²) in [5.41, 5.74) is 0.853. The summed E-state index contributed by atoms with van der Waals surface area (Å²) in [7, 11) is 3.21. The molecule has 1 saturated heterocycles. The highest BCUT2D eigenvalue weighted by Gasteiger charge is 2.41. The molecule has 8 nitrogen and oxygen atoms in total. The quantitative estimate of drug-likeness (QED) is 0.563. The monoisotopic (exact) mass is 503 g/mol. The van der Waals surface area contributed by atoms with Crippen LogP contribution in [0.1, 0.15) is 76.2 Å². The van der Waals surface area contributed by atoms with Crippen LogP contribution >= 0.6 is 0 Å². The van der Waals surface area contributed by atoms with Gasteiger partial charge in [-0.2, -0.15) is 0 Å². The van der Waals surface area contributed by atoms with Crippen LogP contribution < -0.4 is 14.2 Å². The van der Waals surface area contributed by atoms with Crippen LogP contribution in [0.4, 0.5) is 0 Å². The van der Waals surface area contributed by atoms with Crippen molar-refractivity contribution in [2.75, 3.05) is 40.6 Å². The number of carbonyl (C=O) groups excluding carboxylic acids is 2. The molecule has 36 heavy (non-hydrogen) atoms. The van der Waals surface area contributed by atoms with E-state index in [1.165, 1.54) is 6.42 Å². The van der Waals surface area contributed by atoms with E-state index in [4.69, 9.17) is 23.7 Å². The Morgan fingerprint density at radius 1 is 0.889 bits per heavy atom. The molecule has 5 rings (SSSR count). The van der Waals surface area contributed by atoms with Gasteiger partial charge in [-0.05, 0) is 62.6 Å². The molecule has 2 bridgehead atoms. The molecule has 3 aliphatic heterocycles. The maximum atomic E-state index is 14.3. The molecule has 0 radical (unpaired) electrons. The van der Waals surface area contributed by atoms with Gasteiger partial charge in [-0.15, -0.1) is 0 Å². The normalized spacial score (nSPS) is 27.0. The van der Waals surface area contributed by atoms with Crippen LogP contribution in [0.3, 0.4) is 0 Å². The Balaban J connectivity index is 1.77. The summed E-state index contributed by atoms with van der Waals surface area (Å²) in [4.78, 5) is 29.3. The van der Waals surface area contributed by atoms with E-state index >= 15 is 0 Å². The summed E-state index contributed by atoms with van der Waals surface area (Å²) in [6, 6.07) is 3.27. The highest BCUT2D eigenvalue weighted by molar-refractivity contribution is 5.89. The second-order valence-corrected chi connectivity index (χ2v) is 10.2. The Hall–Kier alpha value is -2.48. The number of piperidine rings is 1. The topological polar surface area (TPSA) is 83.5 Å². The Bertz CT molecular complexity index is 873. The van der Waals surface area contributed by atoms with Gasteiger partial charge in [0.15, 0.2) is 11.5 Å². The third-order valence-electron chi connectivity index (χ3n) is 7.64. The fraction of sp³-hybridized carbons (Fsp3) is 0.714. The zero-order valence-corrected chi connectivity index (χ0v) is 22.0. The van der Waals surface area contributed by atoms with Gasteiger partial charge in [0.1, 0.15) is 12.1 Å². The lowest BCUT2D eigenvalue weighted by molar-refractivity contribution is -0.163. The minimum Gasteiger partial charge on any atom is -0.493 e. The predicted octanol–water partition coefficient (Wildman–Crippen LogP) is 4.48. The van der Waals surface area contributed by atoms with E-state index in [0.717, 1.165) is 44.1 Å². The van der Waals surface area contributed by atoms with Crippen molar-refractivity contribution in [1.29, 1.82) is 0 Å². The lowest BCUT2D eigenvalue weighted by Crippen LogP contribution is -2.51. The van der Waals surface area contributed by atoms with Crippen LogP contribution in [0.25, 0.3) is 0 Å². The molecule has 1 aliphatic carbocycles. The fourth-order valence-corrected chi connectivity index (χ4v) is 5.82. The Morgan fingerprint density at radius 3 is 2.28 bits per heavy atom. The van der Waals surface area contributed by atoms with Crippen molar-refractivity contribution >= 4 is 11.9 Å². The molecule has 8 heteroatoms. The zero-order chi connectivity index (χ0) is 25.5. The molecular weight excluding hydrogens is 462 g/mol. The van der Waals surface area contributed by atoms with E-state index in [-0.39, 0.29) is 29.8 Å². The first-order chi connectivity index (χ1) is 17.5. The van der Waals surface area contributed by atoms with Crippen LogP contribution in [-0.4, -0.2) is 69.5 Å². The number of carbonyl (C=O) groups is 2. The van der Waals surface area contributed by atoms with Gasteiger partial charge in [0.25, 0.3) is 0 Å². The van der Waals surface area contributed by atoms with Crippen LogP contribution in [-0.2, 0) is 19.1 Å². The van der Waals surface area contributed by atoms with E-state index < -0.39 is 6.04 Å². The number of benzene rings is 1. The van der Waals surface area contributed by atoms with E-state index in [0.29, 0.717) is 56.5 Å². The number of ether oxygens (including phenoxy) is 5. The number of hydrogen-bond acceptors (Lipinski definition) is 7. The number of rotatable bonds is 3. The zero-order valence-electron chi connectivity index (χ0n) is 22.0. The number of nitrogens with zero attached hydrogens (tertiary/aromatic N) is 1. The summed E-state index contributed by atoms with van der Waals surface area (Å²) in [5.74, 6) is 1.10. The maximum Gasteiger partial charge on any atom is 0.329 e. The highest BCUT2D eigenvalue weighted by atomic mass is 16.6. The molecule has 1 aromatic rings. The van der Waals surface area contributed by atoms with Crippen molar-refractivity contribution in [3.8, 4) is 17.2 Å². The van der Waals surface area contributed by atoms with E-state index in [1.54, 1.807) is 19.1 Å². The predicted molar refractivity (Wildman–Crippen MR) is 135 cm³/mol. The van der Waals surface area contributed by atoms with Gasteiger partial charge < -0.3 is 28.6 Å². The Morgan fingerprint density at radius 2 is 1.58 bits per heavy atom. The van der Waals surface area contributed by atoms with Crippen LogP contribution in [0.5, 0.6) is 17.2 Å². The Kier molecular flexibility index (Phi) is 9.35. The van der Waals surface area contributed by atoms with Gasteiger partial charge in [-0.25, -0.2) is 4.79 Å². The van der Waals surface area contributed by atoms with Crippen molar-refractivity contribution in [2.24, 2.45) is 5.92 Å². The van der Waals surface area contributed by atoms with Crippen molar-refractivity contribution in [2.45, 2.75) is 82.8 Å². The number of fused-ring (bicyclic) bond motifs is 11. The van der Waals surface area contributed by atoms with E-state index in [2.05, 4.69) is 0 Å². The summed E-state index contributed by atoms with van der Waals surface area (Å²) in [6.07, 6.45) is 8.04. The van der Waals surface area contributed by atoms with E-state index in [1.807, 2.05) is 19.1 Å². The van der Waals surface area contributed by atoms with Crippen molar-refractivity contribution in [3.63, 3.8) is 0 Å². The number of amides is 1. The molecule has 2 fully saturated rings. The molecule has 0 spiro atoms. The molecule has 200 valence electrons. The molecule has 0 N–H and O–H groups in total. The molecular formula is C28H41NO7. The molecule has 0 aromatic heterocycles. The summed E-state index contributed by atoms with van der Waals surface area (Å²) in [5, 5.41) is 0. The first kappa shape index (κ1) is 26.6. The van der Waals surface area contributed by atoms with Crippen molar-refractivity contribution in [3.05, 3.63) is 17.7 Å². The van der Waals surface area contributed by atoms with Gasteiger partial charge >= 0.3 is 5.97 Å². The van der Waals surface area contributed by atoms with E-state index in [9.17, 15) is 9.59 Å². The smallest absolute Gasteiger partial charge is 0.329 e. The number of methoxy groups -OCH3 is 2. The first-order valence-electron chi connectivity index (χ1n) is 13.5. The molecule has 1 aromatic carbocycles. The largest absolute Gasteiger partial charge is 0.493 e. The average Bonchev–Trinajstić information content (AvgIpc) is 2.91. The van der Waals surface area contributed by atoms with Crippen molar-refractivity contribution < 1.29 is 33.3 Å². The third kappa shape index (κ3) is 6.07. The SMILES string of the molecule is COc1cc2cc(OC)c1OCCCOC[C@@H](C)OC(=O)[C@@H]1CCCCN1C(=O)[C@H]2C1CCCCC1. The lowest BCUT2D eigenvalue weighted by atomic mass is 9.75. The van der Waals surface area contributed by atoms with Crippen molar-refractivity contribution in [1.82, 2.24) is 4.90 Å². The molecule has 1 amide bonds. The molecule has 0 unspecified atom stereocenters. The summed E-state index contributed by atoms with van der Waals surface area (Å²) < 4.78 is 28.9. The second-order valence-electron chi connectivity index (χ2n) is 10.2. The van der Waals surface area contributed by atoms with Gasteiger partial charge in [0, 0.05) is 19.6 Å². The first-order valence-corrected chi connectivity index (χ1v) is 13.5. The second kappa shape index (κ2) is 12.7. The fourth-order valence-electron chi connectivity index (χ4n) is 5.82. The van der Waals surface area contributed by atoms with Crippen LogP contribution in [0, 0.1) is 5.92 Å². The standard InChI is InChI=1S/C28H41NO7/c1-19-18-34-14-9-15-35-26-23(32-2)16-21(17-24(26)33-3)25(20-10-5-4-6-11-20)27(30)29-13-8-7-12-22(29)28(31)36-19/h16-17,19-20,22,25H,4-15,18H2,1-3H3/t19-,22+,25+/m1/s1. The van der Waals surface area contributed by atoms with Gasteiger partial charge in [-0.1, -0.05) is 19.3 Å². The maximum absolute atomic E-state index is 14.3. The third-order valence-corrected chi connectivity index (χ3v) is 7.64. The van der Waals surface area contributed by atoms with Crippen LogP contribution in [0.15, 0.2) is 12.1 Å². The van der Waals surface area contributed by atoms with Crippen LogP contribution in [0.2, 0.25) is 0 Å². The average molecular weight is 504 g/mol. The van der Waals surface area contributed by atoms with Gasteiger partial charge in [0.05, 0.1) is 33.4 Å². The molecule has 3 heterocycles. The molecule has 3 atom stereocenters. The van der Waals surface area contributed by atoms with Gasteiger partial charge in [-0.3, -0.25) is 4.79 Å². The highest BCUT2D eigenvalue weighted by Crippen LogP contribution is 2.45. The summed E-state index contributed by atoms with van der Waals surface area (Å²) >= 11 is 0. The minimum absolute atomic E-state index is 0.00505. The van der Waals surface area contributed by atoms with Gasteiger partial charge in [0.2, 0.25) is 11.7 Å². The molecule has 1 saturated carbocycles.